The Labute approximate surface area is 211 Å². The van der Waals surface area contributed by atoms with Crippen molar-refractivity contribution >= 4 is 35.1 Å². The van der Waals surface area contributed by atoms with Crippen molar-refractivity contribution in [3.05, 3.63) is 80.2 Å². The summed E-state index contributed by atoms with van der Waals surface area (Å²) < 4.78 is 7.10. The Kier molecular flexibility index (Phi) is 7.42. The molecule has 0 aliphatic heterocycles. The standard InChI is InChI=1S/C25H23Cl2N3O5/c1-30-24(32)21(20(12-28-30)35-13-15-5-6-15)16-9-7-14(8-10-16)11-19(25(33)34)29-23(31)22-17(26)3-2-4-18(22)27/h2-4,7-10,12,15,19H,5-6,11,13H2,1H3,(H,29,31)(H,33,34). The van der Waals surface area contributed by atoms with Crippen LogP contribution < -0.4 is 15.6 Å². The number of ether oxygens (including phenoxy) is 1. The van der Waals surface area contributed by atoms with E-state index < -0.39 is 17.9 Å². The first-order valence-corrected chi connectivity index (χ1v) is 11.8. The summed E-state index contributed by atoms with van der Waals surface area (Å²) in [5, 5.41) is 16.5. The molecule has 182 valence electrons. The lowest BCUT2D eigenvalue weighted by Gasteiger charge is -2.16. The van der Waals surface area contributed by atoms with Crippen LogP contribution in [0.4, 0.5) is 0 Å². The van der Waals surface area contributed by atoms with Crippen LogP contribution in [0.15, 0.2) is 53.5 Å². The van der Waals surface area contributed by atoms with Crippen molar-refractivity contribution in [3.8, 4) is 16.9 Å². The maximum atomic E-state index is 12.8. The van der Waals surface area contributed by atoms with Gasteiger partial charge < -0.3 is 15.2 Å². The predicted octanol–water partition coefficient (Wildman–Crippen LogP) is 3.97. The quantitative estimate of drug-likeness (QED) is 0.446. The molecule has 0 spiro atoms. The monoisotopic (exact) mass is 515 g/mol. The van der Waals surface area contributed by atoms with Crippen LogP contribution in [0.2, 0.25) is 10.0 Å². The lowest BCUT2D eigenvalue weighted by molar-refractivity contribution is -0.139. The van der Waals surface area contributed by atoms with Gasteiger partial charge in [0.2, 0.25) is 0 Å². The van der Waals surface area contributed by atoms with Gasteiger partial charge in [0.05, 0.1) is 34.0 Å². The van der Waals surface area contributed by atoms with Crippen molar-refractivity contribution in [1.29, 1.82) is 0 Å². The van der Waals surface area contributed by atoms with Gasteiger partial charge in [0.15, 0.2) is 5.75 Å². The number of nitrogens with one attached hydrogen (secondary N) is 1. The number of benzene rings is 2. The zero-order valence-corrected chi connectivity index (χ0v) is 20.3. The van der Waals surface area contributed by atoms with Crippen LogP contribution in [-0.4, -0.2) is 39.4 Å². The van der Waals surface area contributed by atoms with Crippen LogP contribution in [0.1, 0.15) is 28.8 Å². The molecule has 35 heavy (non-hydrogen) atoms. The number of rotatable bonds is 9. The van der Waals surface area contributed by atoms with E-state index in [-0.39, 0.29) is 27.6 Å². The van der Waals surface area contributed by atoms with E-state index in [4.69, 9.17) is 27.9 Å². The Morgan fingerprint density at radius 1 is 1.17 bits per heavy atom. The molecule has 3 aromatic rings. The average molecular weight is 516 g/mol. The lowest BCUT2D eigenvalue weighted by atomic mass is 10.0. The number of hydrogen-bond acceptors (Lipinski definition) is 5. The van der Waals surface area contributed by atoms with Crippen molar-refractivity contribution < 1.29 is 19.4 Å². The molecule has 1 heterocycles. The number of carboxylic acid groups (broad SMARTS) is 1. The van der Waals surface area contributed by atoms with E-state index in [0.29, 0.717) is 35.0 Å². The van der Waals surface area contributed by atoms with Gasteiger partial charge in [-0.1, -0.05) is 53.5 Å². The maximum Gasteiger partial charge on any atom is 0.326 e. The van der Waals surface area contributed by atoms with Crippen LogP contribution in [0.3, 0.4) is 0 Å². The Morgan fingerprint density at radius 2 is 1.83 bits per heavy atom. The normalized spacial score (nSPS) is 13.8. The van der Waals surface area contributed by atoms with Crippen molar-refractivity contribution in [3.63, 3.8) is 0 Å². The Balaban J connectivity index is 1.53. The molecule has 1 aliphatic carbocycles. The smallest absolute Gasteiger partial charge is 0.326 e. The van der Waals surface area contributed by atoms with E-state index in [2.05, 4.69) is 10.4 Å². The molecule has 2 aromatic carbocycles. The van der Waals surface area contributed by atoms with Gasteiger partial charge in [0.1, 0.15) is 6.04 Å². The molecule has 1 unspecified atom stereocenters. The van der Waals surface area contributed by atoms with Crippen LogP contribution in [-0.2, 0) is 18.3 Å². The van der Waals surface area contributed by atoms with Gasteiger partial charge in [-0.15, -0.1) is 0 Å². The van der Waals surface area contributed by atoms with Gasteiger partial charge >= 0.3 is 5.97 Å². The number of carbonyl (C=O) groups is 2. The van der Waals surface area contributed by atoms with E-state index in [1.54, 1.807) is 37.4 Å². The first kappa shape index (κ1) is 24.8. The number of carbonyl (C=O) groups excluding carboxylic acids is 1. The minimum atomic E-state index is -1.22. The molecule has 0 radical (unpaired) electrons. The summed E-state index contributed by atoms with van der Waals surface area (Å²) in [4.78, 5) is 37.3. The number of hydrogen-bond donors (Lipinski definition) is 2. The average Bonchev–Trinajstić information content (AvgIpc) is 3.64. The molecule has 0 bridgehead atoms. The van der Waals surface area contributed by atoms with E-state index in [1.165, 1.54) is 23.0 Å². The van der Waals surface area contributed by atoms with E-state index in [9.17, 15) is 19.5 Å². The van der Waals surface area contributed by atoms with E-state index in [0.717, 1.165) is 12.8 Å². The summed E-state index contributed by atoms with van der Waals surface area (Å²) in [6, 6.07) is 10.3. The molecule has 1 atom stereocenters. The second-order valence-corrected chi connectivity index (χ2v) is 9.24. The fourth-order valence-corrected chi connectivity index (χ4v) is 4.15. The number of amides is 1. The van der Waals surface area contributed by atoms with Gasteiger partial charge in [-0.05, 0) is 42.0 Å². The highest BCUT2D eigenvalue weighted by Crippen LogP contribution is 2.32. The van der Waals surface area contributed by atoms with Crippen LogP contribution in [0, 0.1) is 5.92 Å². The van der Waals surface area contributed by atoms with Crippen molar-refractivity contribution in [2.75, 3.05) is 6.61 Å². The van der Waals surface area contributed by atoms with Gasteiger partial charge in [-0.25, -0.2) is 9.48 Å². The second kappa shape index (κ2) is 10.5. The third kappa shape index (κ3) is 5.83. The summed E-state index contributed by atoms with van der Waals surface area (Å²) in [7, 11) is 1.57. The van der Waals surface area contributed by atoms with Crippen LogP contribution in [0.25, 0.3) is 11.1 Å². The zero-order valence-electron chi connectivity index (χ0n) is 18.8. The molecule has 1 fully saturated rings. The Hall–Kier alpha value is -3.36. The molecule has 1 aliphatic rings. The minimum Gasteiger partial charge on any atom is -0.491 e. The molecule has 1 amide bonds. The summed E-state index contributed by atoms with van der Waals surface area (Å²) in [5.41, 5.74) is 1.40. The molecular weight excluding hydrogens is 493 g/mol. The summed E-state index contributed by atoms with van der Waals surface area (Å²) in [6.45, 7) is 0.537. The Bertz CT molecular complexity index is 1300. The van der Waals surface area contributed by atoms with Gasteiger partial charge in [-0.3, -0.25) is 9.59 Å². The van der Waals surface area contributed by atoms with Gasteiger partial charge in [-0.2, -0.15) is 5.10 Å². The highest BCUT2D eigenvalue weighted by molar-refractivity contribution is 6.39. The molecule has 2 N–H and O–H groups in total. The van der Waals surface area contributed by atoms with Gasteiger partial charge in [0, 0.05) is 13.5 Å². The zero-order chi connectivity index (χ0) is 25.1. The summed E-state index contributed by atoms with van der Waals surface area (Å²) >= 11 is 12.1. The third-order valence-electron chi connectivity index (χ3n) is 5.75. The van der Waals surface area contributed by atoms with Crippen molar-refractivity contribution in [1.82, 2.24) is 15.1 Å². The highest BCUT2D eigenvalue weighted by atomic mass is 35.5. The molecular formula is C25H23Cl2N3O5. The summed E-state index contributed by atoms with van der Waals surface area (Å²) in [5.74, 6) is -0.954. The van der Waals surface area contributed by atoms with Crippen molar-refractivity contribution in [2.24, 2.45) is 13.0 Å². The molecule has 1 aromatic heterocycles. The number of aromatic nitrogens is 2. The molecule has 1 saturated carbocycles. The molecule has 10 heteroatoms. The lowest BCUT2D eigenvalue weighted by Crippen LogP contribution is -2.42. The van der Waals surface area contributed by atoms with Crippen LogP contribution >= 0.6 is 23.2 Å². The van der Waals surface area contributed by atoms with Gasteiger partial charge in [0.25, 0.3) is 11.5 Å². The predicted molar refractivity (Wildman–Crippen MR) is 132 cm³/mol. The summed E-state index contributed by atoms with van der Waals surface area (Å²) in [6.07, 6.45) is 3.78. The third-order valence-corrected chi connectivity index (χ3v) is 6.38. The highest BCUT2D eigenvalue weighted by Gasteiger charge is 2.25. The topological polar surface area (TPSA) is 111 Å². The SMILES string of the molecule is Cn1ncc(OCC2CC2)c(-c2ccc(CC(NC(=O)c3c(Cl)cccc3Cl)C(=O)O)cc2)c1=O. The largest absolute Gasteiger partial charge is 0.491 e. The molecule has 8 nitrogen and oxygen atoms in total. The van der Waals surface area contributed by atoms with E-state index >= 15 is 0 Å². The second-order valence-electron chi connectivity index (χ2n) is 8.43. The van der Waals surface area contributed by atoms with Crippen molar-refractivity contribution in [2.45, 2.75) is 25.3 Å². The first-order valence-electron chi connectivity index (χ1n) is 11.0. The van der Waals surface area contributed by atoms with Crippen LogP contribution in [0.5, 0.6) is 5.75 Å². The van der Waals surface area contributed by atoms with E-state index in [1.807, 2.05) is 0 Å². The first-order chi connectivity index (χ1) is 16.7. The fraction of sp³-hybridized carbons (Fsp3) is 0.280. The Morgan fingerprint density at radius 3 is 2.43 bits per heavy atom. The number of aryl methyl sites for hydroxylation is 1. The fourth-order valence-electron chi connectivity index (χ4n) is 3.58. The molecule has 0 saturated heterocycles. The number of nitrogens with zero attached hydrogens (tertiary/aromatic N) is 2. The number of carboxylic acids is 1. The number of aliphatic carboxylic acids is 1. The molecule has 4 rings (SSSR count). The number of halogens is 2. The minimum absolute atomic E-state index is 0.0167. The maximum absolute atomic E-state index is 12.8.